The van der Waals surface area contributed by atoms with Crippen molar-refractivity contribution in [2.75, 3.05) is 33.4 Å². The van der Waals surface area contributed by atoms with Gasteiger partial charge in [-0.25, -0.2) is 0 Å². The van der Waals surface area contributed by atoms with E-state index in [9.17, 15) is 5.11 Å². The second-order valence-electron chi connectivity index (χ2n) is 4.62. The van der Waals surface area contributed by atoms with Gasteiger partial charge in [-0.3, -0.25) is 4.98 Å². The van der Waals surface area contributed by atoms with Gasteiger partial charge >= 0.3 is 0 Å². The highest BCUT2D eigenvalue weighted by atomic mass is 16.5. The maximum Gasteiger partial charge on any atom is 0.143 e. The van der Waals surface area contributed by atoms with E-state index in [0.29, 0.717) is 18.1 Å². The highest BCUT2D eigenvalue weighted by Crippen LogP contribution is 2.17. The lowest BCUT2D eigenvalue weighted by Gasteiger charge is -2.29. The molecular weight excluding hydrogens is 232 g/mol. The summed E-state index contributed by atoms with van der Waals surface area (Å²) >= 11 is 0. The van der Waals surface area contributed by atoms with Crippen LogP contribution in [0.5, 0.6) is 5.75 Å². The zero-order valence-electron chi connectivity index (χ0n) is 10.9. The van der Waals surface area contributed by atoms with Crippen LogP contribution in [-0.2, 0) is 11.3 Å². The van der Waals surface area contributed by atoms with E-state index in [1.807, 2.05) is 19.1 Å². The largest absolute Gasteiger partial charge is 0.489 e. The monoisotopic (exact) mass is 252 g/mol. The zero-order valence-corrected chi connectivity index (χ0v) is 10.9. The summed E-state index contributed by atoms with van der Waals surface area (Å²) < 4.78 is 11.3. The Bertz CT molecular complexity index is 398. The van der Waals surface area contributed by atoms with Crippen LogP contribution in [0.1, 0.15) is 11.4 Å². The van der Waals surface area contributed by atoms with E-state index in [1.165, 1.54) is 0 Å². The molecule has 0 amide bonds. The third-order valence-electron chi connectivity index (χ3n) is 2.99. The minimum Gasteiger partial charge on any atom is -0.489 e. The van der Waals surface area contributed by atoms with Crippen LogP contribution in [0.4, 0.5) is 0 Å². The van der Waals surface area contributed by atoms with Gasteiger partial charge in [-0.05, 0) is 26.1 Å². The van der Waals surface area contributed by atoms with Gasteiger partial charge in [0.05, 0.1) is 13.2 Å². The summed E-state index contributed by atoms with van der Waals surface area (Å²) in [5.41, 5.74) is 1.46. The number of morpholine rings is 1. The molecule has 2 heterocycles. The number of aliphatic hydroxyl groups excluding tert-OH is 1. The molecule has 0 aromatic carbocycles. The van der Waals surface area contributed by atoms with Crippen LogP contribution in [0.3, 0.4) is 0 Å². The molecule has 1 aromatic rings. The van der Waals surface area contributed by atoms with Crippen LogP contribution in [0, 0.1) is 6.92 Å². The normalized spacial score (nSPS) is 20.9. The Kier molecular flexibility index (Phi) is 4.52. The Hall–Kier alpha value is -1.17. The molecule has 2 rings (SSSR count). The van der Waals surface area contributed by atoms with Crippen LogP contribution < -0.4 is 4.74 Å². The van der Waals surface area contributed by atoms with Crippen molar-refractivity contribution >= 4 is 0 Å². The highest BCUT2D eigenvalue weighted by Gasteiger charge is 2.18. The summed E-state index contributed by atoms with van der Waals surface area (Å²) in [5.74, 6) is 0.639. The van der Waals surface area contributed by atoms with Gasteiger partial charge in [0.15, 0.2) is 0 Å². The van der Waals surface area contributed by atoms with Crippen molar-refractivity contribution in [3.63, 3.8) is 0 Å². The third kappa shape index (κ3) is 3.41. The molecule has 0 radical (unpaired) electrons. The van der Waals surface area contributed by atoms with Crippen molar-refractivity contribution in [2.45, 2.75) is 19.6 Å². The van der Waals surface area contributed by atoms with E-state index in [0.717, 1.165) is 25.4 Å². The zero-order chi connectivity index (χ0) is 13.0. The molecule has 5 heteroatoms. The summed E-state index contributed by atoms with van der Waals surface area (Å²) in [4.78, 5) is 6.46. The fourth-order valence-electron chi connectivity index (χ4n) is 1.99. The lowest BCUT2D eigenvalue weighted by Crippen LogP contribution is -2.42. The summed E-state index contributed by atoms with van der Waals surface area (Å²) in [7, 11) is 2.07. The third-order valence-corrected chi connectivity index (χ3v) is 2.99. The van der Waals surface area contributed by atoms with Gasteiger partial charge in [0.25, 0.3) is 0 Å². The summed E-state index contributed by atoms with van der Waals surface area (Å²) in [6.45, 7) is 4.84. The number of pyridine rings is 1. The molecule has 100 valence electrons. The molecule has 1 atom stereocenters. The van der Waals surface area contributed by atoms with E-state index in [-0.39, 0.29) is 12.7 Å². The molecule has 5 nitrogen and oxygen atoms in total. The number of ether oxygens (including phenoxy) is 2. The lowest BCUT2D eigenvalue weighted by molar-refractivity contribution is -0.0406. The van der Waals surface area contributed by atoms with Crippen molar-refractivity contribution in [3.8, 4) is 5.75 Å². The molecule has 1 aliphatic heterocycles. The Morgan fingerprint density at radius 3 is 3.11 bits per heavy atom. The molecule has 1 unspecified atom stereocenters. The first-order valence-electron chi connectivity index (χ1n) is 6.19. The Balaban J connectivity index is 1.93. The maximum absolute atomic E-state index is 9.24. The van der Waals surface area contributed by atoms with Gasteiger partial charge in [-0.1, -0.05) is 0 Å². The highest BCUT2D eigenvalue weighted by molar-refractivity contribution is 5.28. The summed E-state index contributed by atoms with van der Waals surface area (Å²) in [5, 5.41) is 9.24. The second-order valence-corrected chi connectivity index (χ2v) is 4.62. The number of hydrogen-bond acceptors (Lipinski definition) is 5. The molecule has 0 saturated carbocycles. The Morgan fingerprint density at radius 1 is 1.56 bits per heavy atom. The van der Waals surface area contributed by atoms with E-state index < -0.39 is 0 Å². The van der Waals surface area contributed by atoms with Crippen LogP contribution in [0.15, 0.2) is 12.1 Å². The quantitative estimate of drug-likeness (QED) is 0.850. The van der Waals surface area contributed by atoms with Crippen LogP contribution in [-0.4, -0.2) is 54.4 Å². The maximum atomic E-state index is 9.24. The number of rotatable bonds is 4. The molecule has 0 bridgehead atoms. The molecule has 1 aliphatic rings. The Morgan fingerprint density at radius 2 is 2.39 bits per heavy atom. The smallest absolute Gasteiger partial charge is 0.143 e. The number of aryl methyl sites for hydroxylation is 1. The molecular formula is C13H20N2O3. The molecule has 0 aliphatic carbocycles. The molecule has 1 aromatic heterocycles. The van der Waals surface area contributed by atoms with E-state index >= 15 is 0 Å². The number of hydrogen-bond donors (Lipinski definition) is 1. The van der Waals surface area contributed by atoms with E-state index in [4.69, 9.17) is 9.47 Å². The van der Waals surface area contributed by atoms with Crippen LogP contribution in [0.25, 0.3) is 0 Å². The lowest BCUT2D eigenvalue weighted by atomic mass is 10.2. The summed E-state index contributed by atoms with van der Waals surface area (Å²) in [6, 6.07) is 3.72. The summed E-state index contributed by atoms with van der Waals surface area (Å²) in [6.07, 6.45) is 0.0802. The average Bonchev–Trinajstić information content (AvgIpc) is 2.37. The topological polar surface area (TPSA) is 54.8 Å². The SMILES string of the molecule is Cc1ccc(OCC2CN(C)CCO2)c(CO)n1. The number of aromatic nitrogens is 1. The predicted octanol–water partition coefficient (Wildman–Crippen LogP) is 0.592. The van der Waals surface area contributed by atoms with Gasteiger partial charge in [0.1, 0.15) is 24.2 Å². The van der Waals surface area contributed by atoms with Gasteiger partial charge in [0.2, 0.25) is 0 Å². The van der Waals surface area contributed by atoms with Gasteiger partial charge in [0, 0.05) is 18.8 Å². The van der Waals surface area contributed by atoms with E-state index in [1.54, 1.807) is 0 Å². The van der Waals surface area contributed by atoms with Crippen molar-refractivity contribution < 1.29 is 14.6 Å². The first-order chi connectivity index (χ1) is 8.69. The fraction of sp³-hybridized carbons (Fsp3) is 0.615. The number of aliphatic hydroxyl groups is 1. The average molecular weight is 252 g/mol. The van der Waals surface area contributed by atoms with Gasteiger partial charge in [-0.2, -0.15) is 0 Å². The van der Waals surface area contributed by atoms with Crippen LogP contribution in [0.2, 0.25) is 0 Å². The van der Waals surface area contributed by atoms with Crippen molar-refractivity contribution in [3.05, 3.63) is 23.5 Å². The van der Waals surface area contributed by atoms with Crippen molar-refractivity contribution in [2.24, 2.45) is 0 Å². The second kappa shape index (κ2) is 6.13. The number of likely N-dealkylation sites (N-methyl/N-ethyl adjacent to an activating group) is 1. The van der Waals surface area contributed by atoms with Crippen LogP contribution >= 0.6 is 0 Å². The van der Waals surface area contributed by atoms with E-state index in [2.05, 4.69) is 16.9 Å². The molecule has 1 N–H and O–H groups in total. The molecule has 18 heavy (non-hydrogen) atoms. The van der Waals surface area contributed by atoms with Crippen molar-refractivity contribution in [1.29, 1.82) is 0 Å². The Labute approximate surface area is 107 Å². The molecule has 1 fully saturated rings. The molecule has 0 spiro atoms. The minimum atomic E-state index is -0.109. The first kappa shape index (κ1) is 13.3. The predicted molar refractivity (Wildman–Crippen MR) is 67.6 cm³/mol. The minimum absolute atomic E-state index is 0.0802. The standard InChI is InChI=1S/C13H20N2O3/c1-10-3-4-13(12(8-16)14-10)18-9-11-7-15(2)5-6-17-11/h3-4,11,16H,5-9H2,1-2H3. The number of nitrogens with zero attached hydrogens (tertiary/aromatic N) is 2. The van der Waals surface area contributed by atoms with Crippen molar-refractivity contribution in [1.82, 2.24) is 9.88 Å². The molecule has 1 saturated heterocycles. The van der Waals surface area contributed by atoms with Gasteiger partial charge in [-0.15, -0.1) is 0 Å². The first-order valence-corrected chi connectivity index (χ1v) is 6.19. The van der Waals surface area contributed by atoms with Gasteiger partial charge < -0.3 is 19.5 Å². The fourth-order valence-corrected chi connectivity index (χ4v) is 1.99.